The lowest BCUT2D eigenvalue weighted by molar-refractivity contribution is 1.08. The SMILES string of the molecule is c1ccc2cc(-c3nc(-c4ccc5ccccc5c4)nc(-c4cccc5sc6cc7c(cc6c45)-c4cccc5cccc-7c45)n3)ccc2c1. The molecule has 4 heteroatoms. The van der Waals surface area contributed by atoms with E-state index < -0.39 is 0 Å². The third kappa shape index (κ3) is 4.05. The van der Waals surface area contributed by atoms with E-state index in [0.29, 0.717) is 17.5 Å². The van der Waals surface area contributed by atoms with Crippen molar-refractivity contribution < 1.29 is 0 Å². The van der Waals surface area contributed by atoms with Crippen LogP contribution >= 0.6 is 11.3 Å². The molecule has 10 aromatic rings. The molecule has 0 N–H and O–H groups in total. The van der Waals surface area contributed by atoms with E-state index in [1.54, 1.807) is 0 Å². The summed E-state index contributed by atoms with van der Waals surface area (Å²) in [6.07, 6.45) is 0. The van der Waals surface area contributed by atoms with Gasteiger partial charge in [-0.3, -0.25) is 0 Å². The molecule has 0 unspecified atom stereocenters. The van der Waals surface area contributed by atoms with Gasteiger partial charge in [-0.1, -0.05) is 121 Å². The van der Waals surface area contributed by atoms with Crippen LogP contribution in [0.4, 0.5) is 0 Å². The molecular weight excluding hydrogens is 615 g/mol. The summed E-state index contributed by atoms with van der Waals surface area (Å²) in [5, 5.41) is 9.75. The Morgan fingerprint density at radius 1 is 0.327 bits per heavy atom. The van der Waals surface area contributed by atoms with Crippen LogP contribution in [0.3, 0.4) is 0 Å². The van der Waals surface area contributed by atoms with Crippen molar-refractivity contribution in [3.63, 3.8) is 0 Å². The molecule has 0 spiro atoms. The molecule has 1 aliphatic carbocycles. The van der Waals surface area contributed by atoms with Gasteiger partial charge < -0.3 is 0 Å². The number of rotatable bonds is 3. The van der Waals surface area contributed by atoms with Crippen molar-refractivity contribution in [2.24, 2.45) is 0 Å². The van der Waals surface area contributed by atoms with Gasteiger partial charge in [0, 0.05) is 36.9 Å². The molecule has 3 nitrogen and oxygen atoms in total. The maximum atomic E-state index is 5.22. The highest BCUT2D eigenvalue weighted by molar-refractivity contribution is 7.26. The van der Waals surface area contributed by atoms with Crippen LogP contribution in [-0.4, -0.2) is 15.0 Å². The van der Waals surface area contributed by atoms with E-state index in [-0.39, 0.29) is 0 Å². The third-order valence-corrected chi connectivity index (χ3v) is 11.1. The highest BCUT2D eigenvalue weighted by Gasteiger charge is 2.24. The van der Waals surface area contributed by atoms with E-state index >= 15 is 0 Å². The smallest absolute Gasteiger partial charge is 0.164 e. The molecule has 0 fully saturated rings. The average molecular weight is 640 g/mol. The van der Waals surface area contributed by atoms with Crippen LogP contribution in [0.2, 0.25) is 0 Å². The largest absolute Gasteiger partial charge is 0.208 e. The Balaban J connectivity index is 1.17. The summed E-state index contributed by atoms with van der Waals surface area (Å²) in [5.74, 6) is 2.01. The summed E-state index contributed by atoms with van der Waals surface area (Å²) in [6, 6.07) is 54.3. The second kappa shape index (κ2) is 10.1. The molecule has 0 bridgehead atoms. The first-order valence-corrected chi connectivity index (χ1v) is 17.3. The number of hydrogen-bond acceptors (Lipinski definition) is 4. The van der Waals surface area contributed by atoms with E-state index in [1.165, 1.54) is 64.0 Å². The molecule has 49 heavy (non-hydrogen) atoms. The summed E-state index contributed by atoms with van der Waals surface area (Å²) in [7, 11) is 0. The molecule has 0 amide bonds. The molecule has 0 atom stereocenters. The zero-order valence-electron chi connectivity index (χ0n) is 26.2. The fourth-order valence-corrected chi connectivity index (χ4v) is 8.86. The maximum Gasteiger partial charge on any atom is 0.164 e. The molecule has 226 valence electrons. The van der Waals surface area contributed by atoms with Crippen molar-refractivity contribution in [3.05, 3.63) is 152 Å². The molecule has 1 aliphatic rings. The van der Waals surface area contributed by atoms with Gasteiger partial charge in [-0.15, -0.1) is 11.3 Å². The van der Waals surface area contributed by atoms with Gasteiger partial charge in [0.1, 0.15) is 0 Å². The summed E-state index contributed by atoms with van der Waals surface area (Å²) >= 11 is 1.84. The first-order chi connectivity index (χ1) is 24.2. The van der Waals surface area contributed by atoms with Gasteiger partial charge in [-0.2, -0.15) is 0 Å². The molecule has 8 aromatic carbocycles. The number of thiophene rings is 1. The highest BCUT2D eigenvalue weighted by Crippen LogP contribution is 2.51. The van der Waals surface area contributed by atoms with Crippen molar-refractivity contribution in [1.29, 1.82) is 0 Å². The van der Waals surface area contributed by atoms with E-state index in [0.717, 1.165) is 27.5 Å². The third-order valence-electron chi connectivity index (χ3n) is 10.0. The Hall–Kier alpha value is -6.23. The first kappa shape index (κ1) is 26.8. The second-order valence-electron chi connectivity index (χ2n) is 12.8. The topological polar surface area (TPSA) is 38.7 Å². The molecule has 11 rings (SSSR count). The zero-order chi connectivity index (χ0) is 32.1. The lowest BCUT2D eigenvalue weighted by atomic mass is 9.99. The summed E-state index contributed by atoms with van der Waals surface area (Å²) in [4.78, 5) is 15.6. The maximum absolute atomic E-state index is 5.22. The average Bonchev–Trinajstić information content (AvgIpc) is 3.69. The van der Waals surface area contributed by atoms with Crippen LogP contribution in [0, 0.1) is 0 Å². The van der Waals surface area contributed by atoms with Crippen LogP contribution in [0.5, 0.6) is 0 Å². The predicted molar refractivity (Wildman–Crippen MR) is 206 cm³/mol. The molecule has 0 saturated carbocycles. The molecule has 0 radical (unpaired) electrons. The van der Waals surface area contributed by atoms with Crippen molar-refractivity contribution in [1.82, 2.24) is 15.0 Å². The highest BCUT2D eigenvalue weighted by atomic mass is 32.1. The summed E-state index contributed by atoms with van der Waals surface area (Å²) in [6.45, 7) is 0. The summed E-state index contributed by atoms with van der Waals surface area (Å²) < 4.78 is 2.49. The van der Waals surface area contributed by atoms with Crippen molar-refractivity contribution in [3.8, 4) is 56.4 Å². The number of benzene rings is 8. The molecule has 2 heterocycles. The number of fused-ring (bicyclic) bond motifs is 8. The monoisotopic (exact) mass is 639 g/mol. The van der Waals surface area contributed by atoms with Gasteiger partial charge in [0.25, 0.3) is 0 Å². The van der Waals surface area contributed by atoms with E-state index in [1.807, 2.05) is 11.3 Å². The van der Waals surface area contributed by atoms with Crippen LogP contribution in [0.1, 0.15) is 0 Å². The molecular formula is C45H25N3S. The lowest BCUT2D eigenvalue weighted by Gasteiger charge is -2.11. The normalized spacial score (nSPS) is 12.1. The molecule has 0 saturated heterocycles. The second-order valence-corrected chi connectivity index (χ2v) is 13.9. The fourth-order valence-electron chi connectivity index (χ4n) is 7.71. The molecule has 0 aliphatic heterocycles. The summed E-state index contributed by atoms with van der Waals surface area (Å²) in [5.41, 5.74) is 8.18. The number of hydrogen-bond donors (Lipinski definition) is 0. The zero-order valence-corrected chi connectivity index (χ0v) is 27.0. The first-order valence-electron chi connectivity index (χ1n) is 16.5. The van der Waals surface area contributed by atoms with Crippen molar-refractivity contribution >= 4 is 63.8 Å². The Bertz CT molecular complexity index is 2910. The number of nitrogens with zero attached hydrogens (tertiary/aromatic N) is 3. The quantitative estimate of drug-likeness (QED) is 0.193. The standard InChI is InChI=1S/C45H25N3S/c1-3-10-29-22-31(20-18-26(29)8-1)43-46-44(32-21-19-27-9-2-4-11-30(27)23-32)48-45(47-43)35-16-7-17-39-42(35)38-24-36-33-14-5-12-28-13-6-15-34(41(28)33)37(36)25-40(38)49-39/h1-25H. The van der Waals surface area contributed by atoms with Gasteiger partial charge in [0.15, 0.2) is 17.5 Å². The van der Waals surface area contributed by atoms with Crippen molar-refractivity contribution in [2.45, 2.75) is 0 Å². The minimum atomic E-state index is 0.665. The fraction of sp³-hybridized carbons (Fsp3) is 0. The van der Waals surface area contributed by atoms with E-state index in [2.05, 4.69) is 152 Å². The Kier molecular flexibility index (Phi) is 5.54. The minimum Gasteiger partial charge on any atom is -0.208 e. The molecule has 2 aromatic heterocycles. The van der Waals surface area contributed by atoms with Crippen LogP contribution in [0.25, 0.3) is 109 Å². The minimum absolute atomic E-state index is 0.665. The Labute approximate surface area is 285 Å². The number of aromatic nitrogens is 3. The van der Waals surface area contributed by atoms with E-state index in [9.17, 15) is 0 Å². The van der Waals surface area contributed by atoms with Crippen LogP contribution in [-0.2, 0) is 0 Å². The van der Waals surface area contributed by atoms with Gasteiger partial charge in [-0.05, 0) is 84.9 Å². The van der Waals surface area contributed by atoms with Gasteiger partial charge in [0.2, 0.25) is 0 Å². The van der Waals surface area contributed by atoms with Gasteiger partial charge >= 0.3 is 0 Å². The van der Waals surface area contributed by atoms with E-state index in [4.69, 9.17) is 15.0 Å². The van der Waals surface area contributed by atoms with Gasteiger partial charge in [0.05, 0.1) is 0 Å². The lowest BCUT2D eigenvalue weighted by Crippen LogP contribution is -2.00. The van der Waals surface area contributed by atoms with Gasteiger partial charge in [-0.25, -0.2) is 15.0 Å². The Morgan fingerprint density at radius 3 is 1.51 bits per heavy atom. The Morgan fingerprint density at radius 2 is 0.857 bits per heavy atom. The van der Waals surface area contributed by atoms with Crippen LogP contribution < -0.4 is 0 Å². The van der Waals surface area contributed by atoms with Crippen LogP contribution in [0.15, 0.2) is 152 Å². The van der Waals surface area contributed by atoms with Crippen molar-refractivity contribution in [2.75, 3.05) is 0 Å². The predicted octanol–water partition coefficient (Wildman–Crippen LogP) is 12.3.